The Morgan fingerprint density at radius 1 is 1.30 bits per heavy atom. The summed E-state index contributed by atoms with van der Waals surface area (Å²) in [7, 11) is 5.48. The molecule has 0 aliphatic heterocycles. The Labute approximate surface area is 144 Å². The SMILES string of the molecule is CCS(=O)C1CCCC(NC(=NC)NCC(C2CC2)N(C)C)C1. The number of guanidine groups is 1. The molecule has 0 aromatic rings. The van der Waals surface area contributed by atoms with Gasteiger partial charge in [-0.15, -0.1) is 0 Å². The first kappa shape index (κ1) is 18.7. The van der Waals surface area contributed by atoms with E-state index in [9.17, 15) is 4.21 Å². The zero-order valence-corrected chi connectivity index (χ0v) is 16.0. The Balaban J connectivity index is 1.80. The van der Waals surface area contributed by atoms with Crippen molar-refractivity contribution in [2.75, 3.05) is 33.4 Å². The largest absolute Gasteiger partial charge is 0.355 e. The highest BCUT2D eigenvalue weighted by Gasteiger charge is 2.32. The van der Waals surface area contributed by atoms with Crippen molar-refractivity contribution in [3.8, 4) is 0 Å². The van der Waals surface area contributed by atoms with Gasteiger partial charge in [0, 0.05) is 47.5 Å². The summed E-state index contributed by atoms with van der Waals surface area (Å²) < 4.78 is 12.1. The molecule has 6 heteroatoms. The zero-order valence-electron chi connectivity index (χ0n) is 15.2. The normalized spacial score (nSPS) is 28.5. The molecule has 4 unspecified atom stereocenters. The summed E-state index contributed by atoms with van der Waals surface area (Å²) in [4.78, 5) is 6.70. The van der Waals surface area contributed by atoms with Gasteiger partial charge in [0.25, 0.3) is 0 Å². The Hall–Kier alpha value is -0.620. The van der Waals surface area contributed by atoms with Crippen LogP contribution in [0.3, 0.4) is 0 Å². The van der Waals surface area contributed by atoms with Crippen LogP contribution < -0.4 is 10.6 Å². The van der Waals surface area contributed by atoms with Gasteiger partial charge in [0.05, 0.1) is 0 Å². The molecule has 0 bridgehead atoms. The van der Waals surface area contributed by atoms with Crippen molar-refractivity contribution in [2.24, 2.45) is 10.9 Å². The standard InChI is InChI=1S/C17H34N4OS/c1-5-23(22)15-8-6-7-14(11-15)20-17(18-2)19-12-16(21(3)4)13-9-10-13/h13-16H,5-12H2,1-4H3,(H2,18,19,20). The second-order valence-corrected chi connectivity index (χ2v) is 9.13. The van der Waals surface area contributed by atoms with Crippen molar-refractivity contribution in [1.82, 2.24) is 15.5 Å². The van der Waals surface area contributed by atoms with Gasteiger partial charge in [0.2, 0.25) is 0 Å². The minimum atomic E-state index is -0.673. The number of hydrogen-bond donors (Lipinski definition) is 2. The van der Waals surface area contributed by atoms with Gasteiger partial charge in [-0.2, -0.15) is 0 Å². The molecule has 2 saturated carbocycles. The van der Waals surface area contributed by atoms with Gasteiger partial charge >= 0.3 is 0 Å². The third kappa shape index (κ3) is 5.75. The molecule has 0 radical (unpaired) electrons. The minimum Gasteiger partial charge on any atom is -0.355 e. The van der Waals surface area contributed by atoms with Crippen LogP contribution in [0.5, 0.6) is 0 Å². The summed E-state index contributed by atoms with van der Waals surface area (Å²) in [5, 5.41) is 7.41. The van der Waals surface area contributed by atoms with E-state index in [1.54, 1.807) is 0 Å². The smallest absolute Gasteiger partial charge is 0.191 e. The minimum absolute atomic E-state index is 0.352. The summed E-state index contributed by atoms with van der Waals surface area (Å²) in [6.07, 6.45) is 7.12. The second-order valence-electron chi connectivity index (χ2n) is 7.12. The number of hydrogen-bond acceptors (Lipinski definition) is 3. The molecule has 2 N–H and O–H groups in total. The van der Waals surface area contributed by atoms with Crippen LogP contribution in [0.25, 0.3) is 0 Å². The van der Waals surface area contributed by atoms with Crippen LogP contribution in [-0.2, 0) is 10.8 Å². The van der Waals surface area contributed by atoms with E-state index in [1.807, 2.05) is 14.0 Å². The topological polar surface area (TPSA) is 56.7 Å². The highest BCUT2D eigenvalue weighted by Crippen LogP contribution is 2.34. The highest BCUT2D eigenvalue weighted by atomic mass is 32.2. The third-order valence-corrected chi connectivity index (χ3v) is 6.90. The monoisotopic (exact) mass is 342 g/mol. The molecule has 4 atom stereocenters. The molecular weight excluding hydrogens is 308 g/mol. The van der Waals surface area contributed by atoms with Gasteiger partial charge in [-0.3, -0.25) is 9.20 Å². The molecule has 0 heterocycles. The number of aliphatic imine (C=N–C) groups is 1. The molecular formula is C17H34N4OS. The lowest BCUT2D eigenvalue weighted by Crippen LogP contribution is -2.50. The fraction of sp³-hybridized carbons (Fsp3) is 0.941. The molecule has 134 valence electrons. The lowest BCUT2D eigenvalue weighted by molar-refractivity contribution is 0.263. The molecule has 2 aliphatic carbocycles. The second kappa shape index (κ2) is 9.02. The molecule has 0 spiro atoms. The number of likely N-dealkylation sites (N-methyl/N-ethyl adjacent to an activating group) is 1. The quantitative estimate of drug-likeness (QED) is 0.545. The van der Waals surface area contributed by atoms with Gasteiger partial charge in [-0.25, -0.2) is 0 Å². The molecule has 0 saturated heterocycles. The predicted octanol–water partition coefficient (Wildman–Crippen LogP) is 1.57. The predicted molar refractivity (Wildman–Crippen MR) is 99.4 cm³/mol. The number of rotatable bonds is 7. The van der Waals surface area contributed by atoms with E-state index < -0.39 is 10.8 Å². The van der Waals surface area contributed by atoms with Crippen LogP contribution in [0, 0.1) is 5.92 Å². The Morgan fingerprint density at radius 3 is 2.61 bits per heavy atom. The van der Waals surface area contributed by atoms with Gasteiger partial charge in [0.15, 0.2) is 5.96 Å². The van der Waals surface area contributed by atoms with Gasteiger partial charge in [0.1, 0.15) is 0 Å². The maximum absolute atomic E-state index is 12.1. The molecule has 23 heavy (non-hydrogen) atoms. The van der Waals surface area contributed by atoms with Crippen molar-refractivity contribution < 1.29 is 4.21 Å². The van der Waals surface area contributed by atoms with Gasteiger partial charge < -0.3 is 15.5 Å². The Kier molecular flexibility index (Phi) is 7.34. The van der Waals surface area contributed by atoms with Gasteiger partial charge in [-0.1, -0.05) is 13.3 Å². The van der Waals surface area contributed by atoms with E-state index in [0.717, 1.165) is 49.9 Å². The first-order valence-electron chi connectivity index (χ1n) is 9.05. The van der Waals surface area contributed by atoms with Crippen molar-refractivity contribution in [3.63, 3.8) is 0 Å². The van der Waals surface area contributed by atoms with E-state index in [-0.39, 0.29) is 0 Å². The molecule has 0 amide bonds. The van der Waals surface area contributed by atoms with E-state index in [0.29, 0.717) is 17.3 Å². The fourth-order valence-electron chi connectivity index (χ4n) is 3.59. The van der Waals surface area contributed by atoms with E-state index >= 15 is 0 Å². The molecule has 0 aromatic heterocycles. The number of nitrogens with one attached hydrogen (secondary N) is 2. The zero-order chi connectivity index (χ0) is 16.8. The highest BCUT2D eigenvalue weighted by molar-refractivity contribution is 7.85. The summed E-state index contributed by atoms with van der Waals surface area (Å²) in [5.41, 5.74) is 0. The van der Waals surface area contributed by atoms with Crippen LogP contribution in [0.4, 0.5) is 0 Å². The molecule has 2 rings (SSSR count). The van der Waals surface area contributed by atoms with Crippen molar-refractivity contribution in [1.29, 1.82) is 0 Å². The Morgan fingerprint density at radius 2 is 2.04 bits per heavy atom. The average Bonchev–Trinajstić information content (AvgIpc) is 3.38. The lowest BCUT2D eigenvalue weighted by atomic mass is 9.95. The fourth-order valence-corrected chi connectivity index (χ4v) is 4.94. The number of nitrogens with zero attached hydrogens (tertiary/aromatic N) is 2. The van der Waals surface area contributed by atoms with Crippen molar-refractivity contribution >= 4 is 16.8 Å². The van der Waals surface area contributed by atoms with E-state index in [4.69, 9.17) is 0 Å². The van der Waals surface area contributed by atoms with Crippen LogP contribution in [0.1, 0.15) is 45.4 Å². The van der Waals surface area contributed by atoms with Crippen LogP contribution >= 0.6 is 0 Å². The molecule has 5 nitrogen and oxygen atoms in total. The van der Waals surface area contributed by atoms with Crippen LogP contribution in [0.15, 0.2) is 4.99 Å². The van der Waals surface area contributed by atoms with Crippen LogP contribution in [-0.4, -0.2) is 65.8 Å². The third-order valence-electron chi connectivity index (χ3n) is 5.15. The summed E-state index contributed by atoms with van der Waals surface area (Å²) in [6.45, 7) is 2.96. The summed E-state index contributed by atoms with van der Waals surface area (Å²) >= 11 is 0. The average molecular weight is 343 g/mol. The Bertz CT molecular complexity index is 421. The van der Waals surface area contributed by atoms with Gasteiger partial charge in [-0.05, 0) is 52.1 Å². The first-order chi connectivity index (χ1) is 11.0. The molecule has 0 aromatic carbocycles. The summed E-state index contributed by atoms with van der Waals surface area (Å²) in [5.74, 6) is 2.50. The van der Waals surface area contributed by atoms with Crippen molar-refractivity contribution in [3.05, 3.63) is 0 Å². The summed E-state index contributed by atoms with van der Waals surface area (Å²) in [6, 6.07) is 0.981. The molecule has 2 fully saturated rings. The molecule has 2 aliphatic rings. The van der Waals surface area contributed by atoms with E-state index in [1.165, 1.54) is 12.8 Å². The maximum atomic E-state index is 12.1. The first-order valence-corrected chi connectivity index (χ1v) is 10.4. The maximum Gasteiger partial charge on any atom is 0.191 e. The van der Waals surface area contributed by atoms with Crippen molar-refractivity contribution in [2.45, 2.75) is 62.8 Å². The van der Waals surface area contributed by atoms with E-state index in [2.05, 4.69) is 34.6 Å². The van der Waals surface area contributed by atoms with Crippen LogP contribution in [0.2, 0.25) is 0 Å². The lowest BCUT2D eigenvalue weighted by Gasteiger charge is -2.31.